The highest BCUT2D eigenvalue weighted by Crippen LogP contribution is 2.22. The average Bonchev–Trinajstić information content (AvgIpc) is 2.67. The summed E-state index contributed by atoms with van der Waals surface area (Å²) in [7, 11) is -1.89. The molecule has 0 amide bonds. The summed E-state index contributed by atoms with van der Waals surface area (Å²) in [4.78, 5) is 0.210. The van der Waals surface area contributed by atoms with Gasteiger partial charge in [-0.25, -0.2) is 8.42 Å². The second-order valence-electron chi connectivity index (χ2n) is 3.66. The first-order valence-electron chi connectivity index (χ1n) is 5.18. The minimum absolute atomic E-state index is 0.199. The molecular weight excluding hydrogens is 260 g/mol. The Balaban J connectivity index is 2.99. The first kappa shape index (κ1) is 14.6. The van der Waals surface area contributed by atoms with Crippen LogP contribution in [-0.4, -0.2) is 38.3 Å². The minimum Gasteiger partial charge on any atom is -0.464 e. The molecule has 0 aromatic carbocycles. The van der Waals surface area contributed by atoms with Gasteiger partial charge < -0.3 is 10.2 Å². The van der Waals surface area contributed by atoms with Crippen molar-refractivity contribution in [3.8, 4) is 0 Å². The fourth-order valence-electron chi connectivity index (χ4n) is 1.39. The number of rotatable bonds is 6. The first-order valence-corrected chi connectivity index (χ1v) is 8.01. The zero-order chi connectivity index (χ0) is 13.1. The highest BCUT2D eigenvalue weighted by Gasteiger charge is 2.25. The number of aryl methyl sites for hydroxylation is 1. The molecule has 0 aliphatic heterocycles. The highest BCUT2D eigenvalue weighted by atomic mass is 32.2. The smallest absolute Gasteiger partial charge is 0.246 e. The maximum Gasteiger partial charge on any atom is 0.246 e. The third-order valence-electron chi connectivity index (χ3n) is 2.42. The van der Waals surface area contributed by atoms with E-state index in [0.29, 0.717) is 18.1 Å². The molecule has 1 aromatic rings. The zero-order valence-electron chi connectivity index (χ0n) is 10.3. The molecule has 1 aromatic heterocycles. The molecule has 0 atom stereocenters. The van der Waals surface area contributed by atoms with Gasteiger partial charge in [-0.05, 0) is 13.2 Å². The molecular formula is C10H18N2O3S2. The predicted octanol–water partition coefficient (Wildman–Crippen LogP) is 1.03. The minimum atomic E-state index is -3.46. The van der Waals surface area contributed by atoms with Gasteiger partial charge in [0.1, 0.15) is 16.4 Å². The van der Waals surface area contributed by atoms with Crippen LogP contribution >= 0.6 is 11.8 Å². The van der Waals surface area contributed by atoms with Crippen LogP contribution in [0.3, 0.4) is 0 Å². The molecule has 0 aliphatic rings. The van der Waals surface area contributed by atoms with Crippen LogP contribution in [0, 0.1) is 6.92 Å². The Morgan fingerprint density at radius 3 is 2.65 bits per heavy atom. The van der Waals surface area contributed by atoms with Gasteiger partial charge in [0.15, 0.2) is 0 Å². The van der Waals surface area contributed by atoms with Crippen molar-refractivity contribution in [1.82, 2.24) is 4.31 Å². The summed E-state index contributed by atoms with van der Waals surface area (Å²) in [6.45, 7) is 2.31. The Labute approximate surface area is 106 Å². The maximum absolute atomic E-state index is 12.2. The molecule has 0 unspecified atom stereocenters. The van der Waals surface area contributed by atoms with Crippen molar-refractivity contribution < 1.29 is 12.8 Å². The molecule has 17 heavy (non-hydrogen) atoms. The number of nitrogens with two attached hydrogens (primary N) is 1. The third kappa shape index (κ3) is 3.25. The molecule has 7 heteroatoms. The Bertz CT molecular complexity index is 468. The third-order valence-corrected chi connectivity index (χ3v) is 4.98. The summed E-state index contributed by atoms with van der Waals surface area (Å²) in [5.41, 5.74) is 5.43. The SMILES string of the molecule is CSCCN(C)S(=O)(=O)c1cc(CN)oc1C. The van der Waals surface area contributed by atoms with Crippen molar-refractivity contribution in [2.45, 2.75) is 18.4 Å². The van der Waals surface area contributed by atoms with E-state index in [0.717, 1.165) is 5.75 Å². The van der Waals surface area contributed by atoms with E-state index in [-0.39, 0.29) is 11.4 Å². The predicted molar refractivity (Wildman–Crippen MR) is 69.5 cm³/mol. The number of hydrogen-bond donors (Lipinski definition) is 1. The Morgan fingerprint density at radius 2 is 2.18 bits per heavy atom. The number of thioether (sulfide) groups is 1. The van der Waals surface area contributed by atoms with Gasteiger partial charge in [0.05, 0.1) is 6.54 Å². The van der Waals surface area contributed by atoms with Crippen molar-refractivity contribution in [2.75, 3.05) is 25.6 Å². The van der Waals surface area contributed by atoms with Crippen LogP contribution in [-0.2, 0) is 16.6 Å². The fourth-order valence-corrected chi connectivity index (χ4v) is 3.31. The molecule has 5 nitrogen and oxygen atoms in total. The summed E-state index contributed by atoms with van der Waals surface area (Å²) in [6.07, 6.45) is 1.94. The monoisotopic (exact) mass is 278 g/mol. The molecule has 0 bridgehead atoms. The first-order chi connectivity index (χ1) is 7.93. The average molecular weight is 278 g/mol. The lowest BCUT2D eigenvalue weighted by Crippen LogP contribution is -2.29. The van der Waals surface area contributed by atoms with Crippen molar-refractivity contribution in [3.05, 3.63) is 17.6 Å². The van der Waals surface area contributed by atoms with Gasteiger partial charge in [-0.3, -0.25) is 0 Å². The summed E-state index contributed by atoms with van der Waals surface area (Å²) >= 11 is 1.61. The molecule has 0 spiro atoms. The number of furan rings is 1. The van der Waals surface area contributed by atoms with Crippen LogP contribution in [0.25, 0.3) is 0 Å². The fraction of sp³-hybridized carbons (Fsp3) is 0.600. The second-order valence-corrected chi connectivity index (χ2v) is 6.66. The van der Waals surface area contributed by atoms with Gasteiger partial charge in [-0.2, -0.15) is 16.1 Å². The van der Waals surface area contributed by atoms with E-state index in [4.69, 9.17) is 10.2 Å². The van der Waals surface area contributed by atoms with E-state index in [9.17, 15) is 8.42 Å². The van der Waals surface area contributed by atoms with Crippen LogP contribution in [0.1, 0.15) is 11.5 Å². The second kappa shape index (κ2) is 5.90. The molecule has 0 saturated heterocycles. The number of hydrogen-bond acceptors (Lipinski definition) is 5. The van der Waals surface area contributed by atoms with Crippen LogP contribution in [0.15, 0.2) is 15.4 Å². The molecule has 1 heterocycles. The van der Waals surface area contributed by atoms with E-state index < -0.39 is 10.0 Å². The molecule has 0 aliphatic carbocycles. The van der Waals surface area contributed by atoms with Crippen LogP contribution < -0.4 is 5.73 Å². The Morgan fingerprint density at radius 1 is 1.53 bits per heavy atom. The molecule has 0 saturated carbocycles. The maximum atomic E-state index is 12.2. The van der Waals surface area contributed by atoms with E-state index in [2.05, 4.69) is 0 Å². The molecule has 0 fully saturated rings. The van der Waals surface area contributed by atoms with Crippen molar-refractivity contribution in [2.24, 2.45) is 5.73 Å². The number of sulfonamides is 1. The van der Waals surface area contributed by atoms with Crippen molar-refractivity contribution in [1.29, 1.82) is 0 Å². The molecule has 98 valence electrons. The van der Waals surface area contributed by atoms with Crippen molar-refractivity contribution >= 4 is 21.8 Å². The van der Waals surface area contributed by atoms with E-state index in [1.54, 1.807) is 25.7 Å². The van der Waals surface area contributed by atoms with E-state index in [1.807, 2.05) is 6.26 Å². The quantitative estimate of drug-likeness (QED) is 0.841. The van der Waals surface area contributed by atoms with Crippen LogP contribution in [0.2, 0.25) is 0 Å². The topological polar surface area (TPSA) is 76.5 Å². The van der Waals surface area contributed by atoms with E-state index in [1.165, 1.54) is 10.4 Å². The lowest BCUT2D eigenvalue weighted by atomic mass is 10.4. The van der Waals surface area contributed by atoms with Gasteiger partial charge in [0, 0.05) is 25.4 Å². The summed E-state index contributed by atoms with van der Waals surface area (Å²) < 4.78 is 31.0. The normalized spacial score (nSPS) is 12.3. The largest absolute Gasteiger partial charge is 0.464 e. The van der Waals surface area contributed by atoms with Gasteiger partial charge in [-0.1, -0.05) is 0 Å². The number of nitrogens with zero attached hydrogens (tertiary/aromatic N) is 1. The molecule has 0 radical (unpaired) electrons. The summed E-state index contributed by atoms with van der Waals surface area (Å²) in [5.74, 6) is 1.64. The Kier molecular flexibility index (Phi) is 5.05. The summed E-state index contributed by atoms with van der Waals surface area (Å²) in [5, 5.41) is 0. The highest BCUT2D eigenvalue weighted by molar-refractivity contribution is 7.98. The van der Waals surface area contributed by atoms with Gasteiger partial charge in [0.25, 0.3) is 0 Å². The lowest BCUT2D eigenvalue weighted by Gasteiger charge is -2.15. The van der Waals surface area contributed by atoms with E-state index >= 15 is 0 Å². The van der Waals surface area contributed by atoms with Crippen molar-refractivity contribution in [3.63, 3.8) is 0 Å². The molecule has 2 N–H and O–H groups in total. The lowest BCUT2D eigenvalue weighted by molar-refractivity contribution is 0.468. The van der Waals surface area contributed by atoms with Crippen LogP contribution in [0.5, 0.6) is 0 Å². The molecule has 1 rings (SSSR count). The van der Waals surface area contributed by atoms with Gasteiger partial charge in [0.2, 0.25) is 10.0 Å². The standard InChI is InChI=1S/C10H18N2O3S2/c1-8-10(6-9(7-11)15-8)17(13,14)12(2)4-5-16-3/h6H,4-5,7,11H2,1-3H3. The van der Waals surface area contributed by atoms with Crippen LogP contribution in [0.4, 0.5) is 0 Å². The zero-order valence-corrected chi connectivity index (χ0v) is 11.9. The van der Waals surface area contributed by atoms with Gasteiger partial charge in [-0.15, -0.1) is 0 Å². The summed E-state index contributed by atoms with van der Waals surface area (Å²) in [6, 6.07) is 1.50. The van der Waals surface area contributed by atoms with Gasteiger partial charge >= 0.3 is 0 Å². The Hall–Kier alpha value is -0.500.